The van der Waals surface area contributed by atoms with E-state index >= 15 is 0 Å². The molecule has 196 valence electrons. The number of hydrogen-bond donors (Lipinski definition) is 3. The lowest BCUT2D eigenvalue weighted by Gasteiger charge is -2.38. The fourth-order valence-corrected chi connectivity index (χ4v) is 5.33. The first kappa shape index (κ1) is 27.7. The summed E-state index contributed by atoms with van der Waals surface area (Å²) in [7, 11) is 1.92. The Labute approximate surface area is 214 Å². The number of rotatable bonds is 11. The summed E-state index contributed by atoms with van der Waals surface area (Å²) in [6.07, 6.45) is 4.53. The SMILES string of the molecule is CCNC(=O)CO[C@@H](c1cccc(Cl)c1)[C@H]1CCCN(C(=O)N[C@@H](CNC)CC2CCOCC2)C1. The van der Waals surface area contributed by atoms with Crippen molar-refractivity contribution in [3.05, 3.63) is 34.9 Å². The van der Waals surface area contributed by atoms with Gasteiger partial charge in [-0.2, -0.15) is 0 Å². The van der Waals surface area contributed by atoms with Crippen LogP contribution in [0.4, 0.5) is 4.79 Å². The molecule has 1 aromatic rings. The molecule has 35 heavy (non-hydrogen) atoms. The number of piperidine rings is 1. The van der Waals surface area contributed by atoms with Crippen LogP contribution in [0.15, 0.2) is 24.3 Å². The minimum atomic E-state index is -0.317. The molecule has 0 unspecified atom stereocenters. The van der Waals surface area contributed by atoms with Gasteiger partial charge in [0.15, 0.2) is 0 Å². The van der Waals surface area contributed by atoms with Gasteiger partial charge >= 0.3 is 6.03 Å². The molecule has 0 bridgehead atoms. The zero-order valence-electron chi connectivity index (χ0n) is 21.1. The minimum Gasteiger partial charge on any atom is -0.381 e. The van der Waals surface area contributed by atoms with Crippen LogP contribution in [0, 0.1) is 11.8 Å². The summed E-state index contributed by atoms with van der Waals surface area (Å²) in [4.78, 5) is 27.3. The molecule has 9 heteroatoms. The van der Waals surface area contributed by atoms with E-state index in [9.17, 15) is 9.59 Å². The minimum absolute atomic E-state index is 0.0247. The predicted molar refractivity (Wildman–Crippen MR) is 138 cm³/mol. The molecule has 0 saturated carbocycles. The maximum Gasteiger partial charge on any atom is 0.317 e. The Kier molecular flexibility index (Phi) is 11.6. The van der Waals surface area contributed by atoms with Crippen LogP contribution in [0.1, 0.15) is 50.7 Å². The summed E-state index contributed by atoms with van der Waals surface area (Å²) in [6.45, 7) is 6.05. The van der Waals surface area contributed by atoms with Crippen LogP contribution in [0.3, 0.4) is 0 Å². The number of hydrogen-bond acceptors (Lipinski definition) is 5. The molecule has 8 nitrogen and oxygen atoms in total. The second-order valence-corrected chi connectivity index (χ2v) is 10.0. The molecule has 3 N–H and O–H groups in total. The van der Waals surface area contributed by atoms with Crippen molar-refractivity contribution >= 4 is 23.5 Å². The molecule has 1 aromatic carbocycles. The molecule has 0 aromatic heterocycles. The number of likely N-dealkylation sites (tertiary alicyclic amines) is 1. The molecular weight excluding hydrogens is 468 g/mol. The number of carbonyl (C=O) groups excluding carboxylic acids is 2. The van der Waals surface area contributed by atoms with Crippen LogP contribution in [0.2, 0.25) is 5.02 Å². The Morgan fingerprint density at radius 1 is 1.26 bits per heavy atom. The van der Waals surface area contributed by atoms with Crippen LogP contribution < -0.4 is 16.0 Å². The largest absolute Gasteiger partial charge is 0.381 e. The quantitative estimate of drug-likeness (QED) is 0.426. The average molecular weight is 509 g/mol. The van der Waals surface area contributed by atoms with Crippen LogP contribution in [-0.2, 0) is 14.3 Å². The van der Waals surface area contributed by atoms with Crippen LogP contribution in [0.5, 0.6) is 0 Å². The Hall–Kier alpha value is -1.87. The van der Waals surface area contributed by atoms with Crippen molar-refractivity contribution in [2.24, 2.45) is 11.8 Å². The van der Waals surface area contributed by atoms with Gasteiger partial charge in [-0.25, -0.2) is 4.79 Å². The molecule has 3 rings (SSSR count). The smallest absolute Gasteiger partial charge is 0.317 e. The van der Waals surface area contributed by atoms with Crippen LogP contribution in [0.25, 0.3) is 0 Å². The zero-order valence-corrected chi connectivity index (χ0v) is 21.8. The maximum atomic E-state index is 13.3. The van der Waals surface area contributed by atoms with E-state index in [1.807, 2.05) is 43.1 Å². The molecule has 2 aliphatic heterocycles. The lowest BCUT2D eigenvalue weighted by Crippen LogP contribution is -2.52. The summed E-state index contributed by atoms with van der Waals surface area (Å²) < 4.78 is 11.6. The maximum absolute atomic E-state index is 13.3. The van der Waals surface area contributed by atoms with Crippen molar-refractivity contribution in [3.8, 4) is 0 Å². The van der Waals surface area contributed by atoms with Crippen molar-refractivity contribution in [1.29, 1.82) is 0 Å². The molecule has 0 aliphatic carbocycles. The number of benzene rings is 1. The van der Waals surface area contributed by atoms with Crippen molar-refractivity contribution in [2.75, 3.05) is 53.0 Å². The fraction of sp³-hybridized carbons (Fsp3) is 0.692. The highest BCUT2D eigenvalue weighted by Crippen LogP contribution is 2.34. The first-order valence-electron chi connectivity index (χ1n) is 12.9. The number of carbonyl (C=O) groups is 2. The van der Waals surface area contributed by atoms with Gasteiger partial charge < -0.3 is 30.3 Å². The van der Waals surface area contributed by atoms with Crippen LogP contribution in [-0.4, -0.2) is 75.9 Å². The molecule has 2 aliphatic rings. The second-order valence-electron chi connectivity index (χ2n) is 9.58. The van der Waals surface area contributed by atoms with E-state index in [0.717, 1.165) is 57.4 Å². The topological polar surface area (TPSA) is 91.9 Å². The van der Waals surface area contributed by atoms with Gasteiger partial charge in [0.1, 0.15) is 6.61 Å². The third-order valence-corrected chi connectivity index (χ3v) is 7.09. The van der Waals surface area contributed by atoms with Gasteiger partial charge in [0.05, 0.1) is 6.10 Å². The molecule has 3 amide bonds. The number of nitrogens with one attached hydrogen (secondary N) is 3. The Morgan fingerprint density at radius 3 is 2.77 bits per heavy atom. The Balaban J connectivity index is 1.64. The summed E-state index contributed by atoms with van der Waals surface area (Å²) in [5.74, 6) is 0.500. The Morgan fingerprint density at radius 2 is 2.06 bits per heavy atom. The lowest BCUT2D eigenvalue weighted by atomic mass is 9.88. The number of urea groups is 1. The van der Waals surface area contributed by atoms with Gasteiger partial charge in [0.25, 0.3) is 0 Å². The number of nitrogens with zero attached hydrogens (tertiary/aromatic N) is 1. The fourth-order valence-electron chi connectivity index (χ4n) is 5.13. The van der Waals surface area contributed by atoms with Gasteiger partial charge in [0.2, 0.25) is 5.91 Å². The average Bonchev–Trinajstić information content (AvgIpc) is 2.85. The summed E-state index contributed by atoms with van der Waals surface area (Å²) >= 11 is 6.26. The van der Waals surface area contributed by atoms with Gasteiger partial charge in [-0.15, -0.1) is 0 Å². The highest BCUT2D eigenvalue weighted by Gasteiger charge is 2.32. The summed E-state index contributed by atoms with van der Waals surface area (Å²) in [6, 6.07) is 7.63. The highest BCUT2D eigenvalue weighted by molar-refractivity contribution is 6.30. The molecule has 2 heterocycles. The van der Waals surface area contributed by atoms with Crippen molar-refractivity contribution in [2.45, 2.75) is 51.2 Å². The zero-order chi connectivity index (χ0) is 25.0. The Bertz CT molecular complexity index is 805. The number of halogens is 1. The van der Waals surface area contributed by atoms with Gasteiger partial charge in [-0.3, -0.25) is 4.79 Å². The third-order valence-electron chi connectivity index (χ3n) is 6.86. The summed E-state index contributed by atoms with van der Waals surface area (Å²) in [5, 5.41) is 9.90. The normalized spacial score (nSPS) is 20.8. The summed E-state index contributed by atoms with van der Waals surface area (Å²) in [5.41, 5.74) is 0.932. The van der Waals surface area contributed by atoms with Crippen molar-refractivity contribution in [3.63, 3.8) is 0 Å². The van der Waals surface area contributed by atoms with E-state index in [2.05, 4.69) is 16.0 Å². The molecule has 0 radical (unpaired) electrons. The molecule has 2 saturated heterocycles. The van der Waals surface area contributed by atoms with E-state index < -0.39 is 0 Å². The van der Waals surface area contributed by atoms with Crippen molar-refractivity contribution in [1.82, 2.24) is 20.9 Å². The number of ether oxygens (including phenoxy) is 2. The van der Waals surface area contributed by atoms with E-state index in [0.29, 0.717) is 30.6 Å². The second kappa shape index (κ2) is 14.6. The highest BCUT2D eigenvalue weighted by atomic mass is 35.5. The van der Waals surface area contributed by atoms with Crippen LogP contribution >= 0.6 is 11.6 Å². The standard InChI is InChI=1S/C26H41ClN4O4/c1-3-29-24(32)18-35-25(20-6-4-8-22(27)15-20)21-7-5-11-31(17-21)26(33)30-23(16-28-2)14-19-9-12-34-13-10-19/h4,6,8,15,19,21,23,25,28H,3,5,7,9-14,16-18H2,1-2H3,(H,29,32)(H,30,33)/t21-,23+,25-/m0/s1. The number of likely N-dealkylation sites (N-methyl/N-ethyl adjacent to an activating group) is 2. The number of amides is 3. The first-order chi connectivity index (χ1) is 17.0. The molecule has 0 spiro atoms. The lowest BCUT2D eigenvalue weighted by molar-refractivity contribution is -0.129. The first-order valence-corrected chi connectivity index (χ1v) is 13.3. The molecule has 2 fully saturated rings. The van der Waals surface area contributed by atoms with E-state index in [4.69, 9.17) is 21.1 Å². The van der Waals surface area contributed by atoms with Gasteiger partial charge in [-0.05, 0) is 69.7 Å². The van der Waals surface area contributed by atoms with Crippen molar-refractivity contribution < 1.29 is 19.1 Å². The molecular formula is C26H41ClN4O4. The third kappa shape index (κ3) is 8.94. The predicted octanol–water partition coefficient (Wildman–Crippen LogP) is 3.36. The van der Waals surface area contributed by atoms with Gasteiger partial charge in [-0.1, -0.05) is 23.7 Å². The monoisotopic (exact) mass is 508 g/mol. The van der Waals surface area contributed by atoms with Gasteiger partial charge in [0, 0.05) is 56.4 Å². The van der Waals surface area contributed by atoms with E-state index in [1.54, 1.807) is 0 Å². The molecule has 3 atom stereocenters. The van der Waals surface area contributed by atoms with E-state index in [1.165, 1.54) is 0 Å². The van der Waals surface area contributed by atoms with E-state index in [-0.39, 0.29) is 36.6 Å².